The van der Waals surface area contributed by atoms with Gasteiger partial charge in [0, 0.05) is 6.42 Å². The molecule has 1 rings (SSSR count). The van der Waals surface area contributed by atoms with E-state index in [1.54, 1.807) is 0 Å². The topological polar surface area (TPSA) is 43.0 Å². The predicted octanol–water partition coefficient (Wildman–Crippen LogP) is 1.88. The summed E-state index contributed by atoms with van der Waals surface area (Å²) in [6, 6.07) is 0. The monoisotopic (exact) mass is 261 g/mol. The first-order valence-corrected chi connectivity index (χ1v) is 4.88. The summed E-state index contributed by atoms with van der Waals surface area (Å²) < 4.78 is 16.2. The van der Waals surface area contributed by atoms with Gasteiger partial charge < -0.3 is 0 Å². The second-order valence-electron chi connectivity index (χ2n) is 2.85. The molecule has 1 aliphatic rings. The van der Waals surface area contributed by atoms with E-state index in [1.165, 1.54) is 5.57 Å². The normalized spacial score (nSPS) is 10.7. The number of hydrogen-bond donors (Lipinski definition) is 0. The van der Waals surface area contributed by atoms with Gasteiger partial charge in [-0.2, -0.15) is 0 Å². The number of nitrogens with zero attached hydrogens (tertiary/aromatic N) is 1. The Labute approximate surface area is 106 Å². The number of allylic oxidation sites excluding steroid dienone is 4. The molecule has 4 heteroatoms. The van der Waals surface area contributed by atoms with Crippen LogP contribution in [0, 0.1) is 19.7 Å². The van der Waals surface area contributed by atoms with E-state index in [1.807, 2.05) is 38.1 Å². The number of hydrogen-bond acceptors (Lipinski definition) is 1. The molecular formula is C12H16MnNO2. The van der Waals surface area contributed by atoms with Gasteiger partial charge in [0.1, 0.15) is 0 Å². The van der Waals surface area contributed by atoms with Gasteiger partial charge in [-0.1, -0.05) is 23.8 Å². The van der Waals surface area contributed by atoms with Crippen LogP contribution in [0.5, 0.6) is 0 Å². The molecule has 0 fully saturated rings. The van der Waals surface area contributed by atoms with Gasteiger partial charge in [0.25, 0.3) is 0 Å². The van der Waals surface area contributed by atoms with Crippen molar-refractivity contribution in [3.63, 3.8) is 0 Å². The van der Waals surface area contributed by atoms with Gasteiger partial charge in [-0.15, -0.1) is 0 Å². The molecule has 0 aromatic carbocycles. The van der Waals surface area contributed by atoms with E-state index >= 15 is 0 Å². The van der Waals surface area contributed by atoms with E-state index in [-0.39, 0.29) is 0 Å². The minimum absolute atomic E-state index is 1.16. The molecular weight excluding hydrogens is 245 g/mol. The predicted molar refractivity (Wildman–Crippen MR) is 59.4 cm³/mol. The van der Waals surface area contributed by atoms with Crippen LogP contribution in [0.25, 0.3) is 0 Å². The molecule has 0 saturated carbocycles. The molecule has 88 valence electrons. The molecule has 0 amide bonds. The van der Waals surface area contributed by atoms with Gasteiger partial charge >= 0.3 is 68.6 Å². The summed E-state index contributed by atoms with van der Waals surface area (Å²) in [5.41, 5.74) is 1.34. The van der Waals surface area contributed by atoms with Crippen molar-refractivity contribution >= 4 is 4.54 Å². The molecule has 0 atom stereocenters. The summed E-state index contributed by atoms with van der Waals surface area (Å²) >= 11 is 3.28. The summed E-state index contributed by atoms with van der Waals surface area (Å²) in [6.45, 7) is 13.1. The van der Waals surface area contributed by atoms with Crippen molar-refractivity contribution in [1.29, 1.82) is 0 Å². The molecule has 0 unspecified atom stereocenters. The Morgan fingerprint density at radius 2 is 1.56 bits per heavy atom. The standard InChI is InChI=1S/C6H7.C4H9N.2CO.Mn/c1-6-4-2-3-5-6;1-4-5(2)3;2*1-2;/h2-5H,1H3;1-3H3;;;. The fourth-order valence-corrected chi connectivity index (χ4v) is 0.470. The van der Waals surface area contributed by atoms with E-state index < -0.39 is 0 Å². The summed E-state index contributed by atoms with van der Waals surface area (Å²) in [5.74, 6) is 0. The maximum absolute atomic E-state index is 7.50. The van der Waals surface area contributed by atoms with Crippen LogP contribution in [0.1, 0.15) is 13.8 Å². The SMILES string of the molecule is CC1=CC=C[CH]1.C[C](=[Mn])N(C)C.[C-]#[O+].[C-]#[O+]. The Morgan fingerprint density at radius 3 is 1.62 bits per heavy atom. The first kappa shape index (κ1) is 20.7. The molecule has 0 aromatic heterocycles. The Bertz CT molecular complexity index is 269. The van der Waals surface area contributed by atoms with Crippen molar-refractivity contribution in [3.8, 4) is 0 Å². The van der Waals surface area contributed by atoms with E-state index in [4.69, 9.17) is 9.30 Å². The molecule has 0 aliphatic heterocycles. The van der Waals surface area contributed by atoms with Gasteiger partial charge in [0.15, 0.2) is 0 Å². The van der Waals surface area contributed by atoms with E-state index in [9.17, 15) is 0 Å². The Balaban J connectivity index is -0.000000162. The quantitative estimate of drug-likeness (QED) is 0.403. The minimum atomic E-state index is 1.16. The molecule has 0 N–H and O–H groups in total. The van der Waals surface area contributed by atoms with Crippen molar-refractivity contribution in [2.75, 3.05) is 14.1 Å². The van der Waals surface area contributed by atoms with Gasteiger partial charge in [0.2, 0.25) is 0 Å². The van der Waals surface area contributed by atoms with Gasteiger partial charge in [-0.05, 0) is 6.92 Å². The van der Waals surface area contributed by atoms with Crippen LogP contribution in [0.2, 0.25) is 0 Å². The third kappa shape index (κ3) is 19.0. The second kappa shape index (κ2) is 16.7. The summed E-state index contributed by atoms with van der Waals surface area (Å²) in [5, 5.41) is 0. The van der Waals surface area contributed by atoms with E-state index in [2.05, 4.69) is 48.3 Å². The fraction of sp³-hybridized carbons (Fsp3) is 0.333. The van der Waals surface area contributed by atoms with Crippen molar-refractivity contribution in [1.82, 2.24) is 4.90 Å². The van der Waals surface area contributed by atoms with Crippen LogP contribution in [0.3, 0.4) is 0 Å². The van der Waals surface area contributed by atoms with Crippen LogP contribution >= 0.6 is 0 Å². The summed E-state index contributed by atoms with van der Waals surface area (Å²) in [6.07, 6.45) is 8.24. The third-order valence-electron chi connectivity index (χ3n) is 1.45. The first-order chi connectivity index (χ1) is 7.54. The van der Waals surface area contributed by atoms with Crippen molar-refractivity contribution in [2.24, 2.45) is 0 Å². The molecule has 3 nitrogen and oxygen atoms in total. The van der Waals surface area contributed by atoms with Crippen LogP contribution in [0.4, 0.5) is 0 Å². The van der Waals surface area contributed by atoms with Crippen LogP contribution in [-0.2, 0) is 24.9 Å². The van der Waals surface area contributed by atoms with Crippen molar-refractivity contribution in [2.45, 2.75) is 13.8 Å². The molecule has 0 saturated heterocycles. The molecule has 0 aromatic rings. The summed E-state index contributed by atoms with van der Waals surface area (Å²) in [4.78, 5) is 2.00. The maximum atomic E-state index is 7.50. The zero-order chi connectivity index (χ0) is 13.6. The van der Waals surface area contributed by atoms with Crippen LogP contribution in [0.15, 0.2) is 23.8 Å². The molecule has 16 heavy (non-hydrogen) atoms. The Kier molecular flexibility index (Phi) is 21.6. The van der Waals surface area contributed by atoms with E-state index in [0.717, 1.165) is 4.54 Å². The van der Waals surface area contributed by atoms with Crippen molar-refractivity contribution in [3.05, 3.63) is 43.5 Å². The molecule has 1 aliphatic carbocycles. The average molecular weight is 261 g/mol. The van der Waals surface area contributed by atoms with Gasteiger partial charge in [-0.3, -0.25) is 0 Å². The van der Waals surface area contributed by atoms with Gasteiger partial charge in [0.05, 0.1) is 0 Å². The van der Waals surface area contributed by atoms with Crippen LogP contribution in [-0.4, -0.2) is 23.5 Å². The van der Waals surface area contributed by atoms with Gasteiger partial charge in [-0.25, -0.2) is 0 Å². The molecule has 0 heterocycles. The molecule has 0 spiro atoms. The zero-order valence-electron chi connectivity index (χ0n) is 9.95. The van der Waals surface area contributed by atoms with Crippen molar-refractivity contribution < 1.29 is 24.9 Å². The third-order valence-corrected chi connectivity index (χ3v) is 1.97. The van der Waals surface area contributed by atoms with Crippen LogP contribution < -0.4 is 0 Å². The second-order valence-corrected chi connectivity index (χ2v) is 3.71. The first-order valence-electron chi connectivity index (χ1n) is 4.29. The molecule has 1 radical (unpaired) electrons. The van der Waals surface area contributed by atoms with E-state index in [0.29, 0.717) is 0 Å². The Morgan fingerprint density at radius 1 is 1.19 bits per heavy atom. The zero-order valence-corrected chi connectivity index (χ0v) is 11.1. The number of rotatable bonds is 1. The Hall–Kier alpha value is -0.691. The molecule has 0 bridgehead atoms. The fourth-order valence-electron chi connectivity index (χ4n) is 0.470. The average Bonchev–Trinajstić information content (AvgIpc) is 2.76. The summed E-state index contributed by atoms with van der Waals surface area (Å²) in [7, 11) is 3.98.